The smallest absolute Gasteiger partial charge is 0.272 e. The van der Waals surface area contributed by atoms with Crippen molar-refractivity contribution in [3.63, 3.8) is 0 Å². The van der Waals surface area contributed by atoms with Crippen LogP contribution in [0.25, 0.3) is 0 Å². The minimum atomic E-state index is -0.508. The summed E-state index contributed by atoms with van der Waals surface area (Å²) in [5, 5.41) is 1.14. The van der Waals surface area contributed by atoms with Gasteiger partial charge in [0, 0.05) is 5.41 Å². The van der Waals surface area contributed by atoms with Crippen molar-refractivity contribution in [2.24, 2.45) is 10.4 Å². The van der Waals surface area contributed by atoms with Crippen molar-refractivity contribution in [2.75, 3.05) is 0 Å². The Morgan fingerprint density at radius 3 is 2.44 bits per heavy atom. The van der Waals surface area contributed by atoms with Gasteiger partial charge in [-0.15, -0.1) is 17.7 Å². The van der Waals surface area contributed by atoms with Gasteiger partial charge in [0.25, 0.3) is 0 Å². The second kappa shape index (κ2) is 5.98. The Morgan fingerprint density at radius 2 is 1.94 bits per heavy atom. The number of rotatable bonds is 0. The van der Waals surface area contributed by atoms with Crippen LogP contribution in [0.1, 0.15) is 20.8 Å². The maximum Gasteiger partial charge on any atom is 1.00 e. The summed E-state index contributed by atoms with van der Waals surface area (Å²) >= 11 is 11.7. The minimum absolute atomic E-state index is 0. The molecule has 0 aliphatic carbocycles. The van der Waals surface area contributed by atoms with Gasteiger partial charge in [0.05, 0.1) is 0 Å². The molecule has 1 amide bonds. The summed E-state index contributed by atoms with van der Waals surface area (Å²) in [5.41, 5.74) is -0.508. The van der Waals surface area contributed by atoms with E-state index < -0.39 is 5.41 Å². The maximum atomic E-state index is 11.6. The first-order valence-electron chi connectivity index (χ1n) is 4.52. The number of nitrogens with zero attached hydrogens (tertiary/aromatic N) is 1. The fourth-order valence-electron chi connectivity index (χ4n) is 0.856. The molecule has 0 atom stereocenters. The van der Waals surface area contributed by atoms with Crippen LogP contribution in [0, 0.1) is 5.41 Å². The van der Waals surface area contributed by atoms with Crippen molar-refractivity contribution < 1.29 is 23.7 Å². The van der Waals surface area contributed by atoms with Crippen LogP contribution < -0.4 is 24.2 Å². The Hall–Kier alpha value is -0.133. The van der Waals surface area contributed by atoms with Crippen molar-refractivity contribution in [2.45, 2.75) is 20.8 Å². The molecule has 5 heteroatoms. The van der Waals surface area contributed by atoms with Gasteiger partial charge in [-0.25, -0.2) is 4.99 Å². The van der Waals surface area contributed by atoms with E-state index in [0.29, 0.717) is 15.4 Å². The fourth-order valence-corrected chi connectivity index (χ4v) is 1.19. The molecular formula is C11H12Cl2LiNO. The average molecular weight is 252 g/mol. The van der Waals surface area contributed by atoms with Crippen LogP contribution in [-0.4, -0.2) is 5.91 Å². The largest absolute Gasteiger partial charge is 1.00 e. The van der Waals surface area contributed by atoms with E-state index in [1.807, 2.05) is 0 Å². The van der Waals surface area contributed by atoms with Gasteiger partial charge in [-0.2, -0.15) is 23.7 Å². The average Bonchev–Trinajstić information content (AvgIpc) is 2.11. The molecule has 0 aromatic heterocycles. The Labute approximate surface area is 117 Å². The molecule has 0 bridgehead atoms. The van der Waals surface area contributed by atoms with E-state index in [9.17, 15) is 4.79 Å². The molecule has 2 nitrogen and oxygen atoms in total. The van der Waals surface area contributed by atoms with Crippen LogP contribution in [-0.2, 0) is 4.79 Å². The summed E-state index contributed by atoms with van der Waals surface area (Å²) in [6, 6.07) is 5.03. The second-order valence-electron chi connectivity index (χ2n) is 4.24. The molecule has 1 rings (SSSR count). The third kappa shape index (κ3) is 4.03. The Balaban J connectivity index is 0.00000225. The van der Waals surface area contributed by atoms with E-state index in [2.05, 4.69) is 4.99 Å². The van der Waals surface area contributed by atoms with Crippen LogP contribution in [0.5, 0.6) is 0 Å². The van der Waals surface area contributed by atoms with E-state index >= 15 is 0 Å². The number of hydrogen-bond acceptors (Lipinski definition) is 1. The first-order valence-corrected chi connectivity index (χ1v) is 5.28. The van der Waals surface area contributed by atoms with Crippen LogP contribution in [0.3, 0.4) is 0 Å². The van der Waals surface area contributed by atoms with E-state index in [0.717, 1.165) is 0 Å². The number of benzene rings is 1. The van der Waals surface area contributed by atoms with Crippen molar-refractivity contribution >= 4 is 29.1 Å². The summed E-state index contributed by atoms with van der Waals surface area (Å²) in [6.07, 6.45) is 0. The van der Waals surface area contributed by atoms with Crippen LogP contribution in [0.4, 0.5) is 0 Å². The number of halogens is 2. The number of hydrogen-bond donors (Lipinski definition) is 0. The van der Waals surface area contributed by atoms with Crippen LogP contribution >= 0.6 is 23.2 Å². The van der Waals surface area contributed by atoms with Crippen molar-refractivity contribution in [1.82, 2.24) is 0 Å². The van der Waals surface area contributed by atoms with E-state index in [4.69, 9.17) is 23.2 Å². The maximum absolute atomic E-state index is 11.6. The monoisotopic (exact) mass is 251 g/mol. The third-order valence-corrected chi connectivity index (χ3v) is 2.60. The summed E-state index contributed by atoms with van der Waals surface area (Å²) in [7, 11) is 0. The molecular weight excluding hydrogens is 240 g/mol. The molecule has 0 unspecified atom stereocenters. The predicted molar refractivity (Wildman–Crippen MR) is 62.1 cm³/mol. The molecule has 0 fully saturated rings. The summed E-state index contributed by atoms with van der Waals surface area (Å²) < 4.78 is 0. The second-order valence-corrected chi connectivity index (χ2v) is 5.03. The first-order chi connectivity index (χ1) is 6.82. The van der Waals surface area contributed by atoms with Gasteiger partial charge < -0.3 is 0 Å². The molecule has 0 saturated carbocycles. The third-order valence-electron chi connectivity index (χ3n) is 1.79. The van der Waals surface area contributed by atoms with Gasteiger partial charge in [-0.05, 0) is 15.4 Å². The van der Waals surface area contributed by atoms with Gasteiger partial charge in [-0.3, -0.25) is 4.79 Å². The topological polar surface area (TPSA) is 29.4 Å². The van der Waals surface area contributed by atoms with E-state index in [1.165, 1.54) is 0 Å². The van der Waals surface area contributed by atoms with Gasteiger partial charge in [-0.1, -0.05) is 20.8 Å². The summed E-state index contributed by atoms with van der Waals surface area (Å²) in [6.45, 7) is 5.41. The van der Waals surface area contributed by atoms with Gasteiger partial charge in [0.15, 0.2) is 0 Å². The van der Waals surface area contributed by atoms with Gasteiger partial charge >= 0.3 is 18.9 Å². The first kappa shape index (κ1) is 15.9. The number of carbonyl (C=O) groups excluding carboxylic acids is 1. The molecule has 0 spiro atoms. The Bertz CT molecular complexity index is 446. The molecule has 0 radical (unpaired) electrons. The molecule has 0 heterocycles. The zero-order valence-electron chi connectivity index (χ0n) is 9.84. The molecule has 1 aromatic carbocycles. The SMILES string of the molecule is CC(C)(C)C(=O)N=c1[cH-]ccc(Cl)c1Cl.[Li+]. The molecule has 82 valence electrons. The van der Waals surface area contributed by atoms with Crippen LogP contribution in [0.2, 0.25) is 10.0 Å². The summed E-state index contributed by atoms with van der Waals surface area (Å²) in [4.78, 5) is 15.6. The molecule has 0 N–H and O–H groups in total. The zero-order chi connectivity index (χ0) is 11.6. The Morgan fingerprint density at radius 1 is 1.38 bits per heavy atom. The molecule has 16 heavy (non-hydrogen) atoms. The number of amides is 1. The van der Waals surface area contributed by atoms with Crippen molar-refractivity contribution in [1.29, 1.82) is 0 Å². The number of carbonyl (C=O) groups is 1. The Kier molecular flexibility index (Phi) is 5.93. The quantitative estimate of drug-likeness (QED) is 0.478. The predicted octanol–water partition coefficient (Wildman–Crippen LogP) is 0.190. The normalized spacial score (nSPS) is 12.2. The molecule has 0 saturated heterocycles. The van der Waals surface area contributed by atoms with Crippen molar-refractivity contribution in [3.8, 4) is 0 Å². The van der Waals surface area contributed by atoms with E-state index in [-0.39, 0.29) is 24.8 Å². The van der Waals surface area contributed by atoms with Gasteiger partial charge in [0.1, 0.15) is 0 Å². The van der Waals surface area contributed by atoms with Crippen LogP contribution in [0.15, 0.2) is 23.2 Å². The summed E-state index contributed by atoms with van der Waals surface area (Å²) in [5.74, 6) is -0.216. The minimum Gasteiger partial charge on any atom is -0.272 e. The van der Waals surface area contributed by atoms with E-state index in [1.54, 1.807) is 39.0 Å². The molecule has 0 aliphatic rings. The fraction of sp³-hybridized carbons (Fsp3) is 0.364. The zero-order valence-corrected chi connectivity index (χ0v) is 11.4. The van der Waals surface area contributed by atoms with Gasteiger partial charge in [0.2, 0.25) is 5.91 Å². The molecule has 0 aliphatic heterocycles. The standard InChI is InChI=1S/C11H12Cl2NO.Li/c1-11(2,3)10(15)14-8-6-4-5-7(12)9(8)13;/h4-6H,1-3H3;/q-1;+1. The van der Waals surface area contributed by atoms with Crippen molar-refractivity contribution in [3.05, 3.63) is 33.6 Å². The molecule has 1 aromatic rings.